The van der Waals surface area contributed by atoms with Crippen LogP contribution in [0, 0.1) is 5.41 Å². The Morgan fingerprint density at radius 1 is 1.17 bits per heavy atom. The SMILES string of the molecule is CC(C)(CO)CNCC(NC(=O)OC(C)(C)C)c1ccccc1. The van der Waals surface area contributed by atoms with Crippen LogP contribution in [0.15, 0.2) is 30.3 Å². The van der Waals surface area contributed by atoms with E-state index in [0.717, 1.165) is 5.56 Å². The number of aliphatic hydroxyl groups excluding tert-OH is 1. The summed E-state index contributed by atoms with van der Waals surface area (Å²) in [4.78, 5) is 12.1. The molecule has 1 rings (SSSR count). The van der Waals surface area contributed by atoms with Crippen LogP contribution in [0.1, 0.15) is 46.2 Å². The molecule has 0 aromatic heterocycles. The smallest absolute Gasteiger partial charge is 0.408 e. The molecule has 5 nitrogen and oxygen atoms in total. The van der Waals surface area contributed by atoms with E-state index in [4.69, 9.17) is 4.74 Å². The summed E-state index contributed by atoms with van der Waals surface area (Å²) in [6, 6.07) is 9.58. The van der Waals surface area contributed by atoms with Crippen molar-refractivity contribution in [2.45, 2.75) is 46.3 Å². The summed E-state index contributed by atoms with van der Waals surface area (Å²) in [6.45, 7) is 10.8. The lowest BCUT2D eigenvalue weighted by Crippen LogP contribution is -2.41. The minimum absolute atomic E-state index is 0.107. The first-order valence-corrected chi connectivity index (χ1v) is 7.99. The van der Waals surface area contributed by atoms with Crippen molar-refractivity contribution in [3.05, 3.63) is 35.9 Å². The Kier molecular flexibility index (Phi) is 7.03. The second kappa shape index (κ2) is 8.31. The van der Waals surface area contributed by atoms with E-state index in [1.807, 2.05) is 65.0 Å². The van der Waals surface area contributed by atoms with Gasteiger partial charge in [0.2, 0.25) is 0 Å². The lowest BCUT2D eigenvalue weighted by molar-refractivity contribution is 0.0502. The molecule has 0 aliphatic heterocycles. The van der Waals surface area contributed by atoms with Crippen LogP contribution in [0.3, 0.4) is 0 Å². The number of amides is 1. The third-order valence-electron chi connectivity index (χ3n) is 3.27. The zero-order chi connectivity index (χ0) is 17.5. The first-order chi connectivity index (χ1) is 10.6. The van der Waals surface area contributed by atoms with Crippen LogP contribution in [0.4, 0.5) is 4.79 Å². The van der Waals surface area contributed by atoms with Gasteiger partial charge in [-0.15, -0.1) is 0 Å². The second-order valence-corrected chi connectivity index (χ2v) is 7.56. The number of nitrogens with one attached hydrogen (secondary N) is 2. The van der Waals surface area contributed by atoms with Crippen LogP contribution in [0.25, 0.3) is 0 Å². The summed E-state index contributed by atoms with van der Waals surface area (Å²) in [7, 11) is 0. The lowest BCUT2D eigenvalue weighted by Gasteiger charge is -2.26. The molecule has 1 unspecified atom stereocenters. The largest absolute Gasteiger partial charge is 0.444 e. The lowest BCUT2D eigenvalue weighted by atomic mass is 9.95. The van der Waals surface area contributed by atoms with Gasteiger partial charge in [0.15, 0.2) is 0 Å². The number of benzene rings is 1. The van der Waals surface area contributed by atoms with Gasteiger partial charge in [0.05, 0.1) is 6.04 Å². The summed E-state index contributed by atoms with van der Waals surface area (Å²) in [5, 5.41) is 15.5. The highest BCUT2D eigenvalue weighted by atomic mass is 16.6. The molecule has 3 N–H and O–H groups in total. The van der Waals surface area contributed by atoms with Gasteiger partial charge in [0.1, 0.15) is 5.60 Å². The number of alkyl carbamates (subject to hydrolysis) is 1. The van der Waals surface area contributed by atoms with Gasteiger partial charge in [0, 0.05) is 25.1 Å². The summed E-state index contributed by atoms with van der Waals surface area (Å²) < 4.78 is 5.34. The van der Waals surface area contributed by atoms with Crippen molar-refractivity contribution in [3.8, 4) is 0 Å². The number of carbonyl (C=O) groups excluding carboxylic acids is 1. The zero-order valence-electron chi connectivity index (χ0n) is 14.8. The summed E-state index contributed by atoms with van der Waals surface area (Å²) in [5.74, 6) is 0. The Morgan fingerprint density at radius 3 is 2.30 bits per heavy atom. The van der Waals surface area contributed by atoms with Gasteiger partial charge in [-0.3, -0.25) is 0 Å². The van der Waals surface area contributed by atoms with Crippen molar-refractivity contribution in [1.82, 2.24) is 10.6 Å². The maximum Gasteiger partial charge on any atom is 0.408 e. The van der Waals surface area contributed by atoms with Crippen LogP contribution >= 0.6 is 0 Å². The third kappa shape index (κ3) is 8.00. The fourth-order valence-corrected chi connectivity index (χ4v) is 2.00. The quantitative estimate of drug-likeness (QED) is 0.722. The Morgan fingerprint density at radius 2 is 1.78 bits per heavy atom. The molecule has 0 bridgehead atoms. The summed E-state index contributed by atoms with van der Waals surface area (Å²) >= 11 is 0. The highest BCUT2D eigenvalue weighted by molar-refractivity contribution is 5.68. The minimum Gasteiger partial charge on any atom is -0.444 e. The molecule has 0 aliphatic carbocycles. The van der Waals surface area contributed by atoms with Gasteiger partial charge in [-0.25, -0.2) is 4.79 Å². The monoisotopic (exact) mass is 322 g/mol. The molecule has 0 fully saturated rings. The molecule has 1 aromatic rings. The molecule has 5 heteroatoms. The van der Waals surface area contributed by atoms with E-state index in [2.05, 4.69) is 10.6 Å². The van der Waals surface area contributed by atoms with E-state index in [9.17, 15) is 9.90 Å². The van der Waals surface area contributed by atoms with Crippen molar-refractivity contribution < 1.29 is 14.6 Å². The van der Waals surface area contributed by atoms with Crippen LogP contribution < -0.4 is 10.6 Å². The fourth-order valence-electron chi connectivity index (χ4n) is 2.00. The van der Waals surface area contributed by atoms with Gasteiger partial charge in [0.25, 0.3) is 0 Å². The standard InChI is InChI=1S/C18H30N2O3/c1-17(2,3)23-16(22)20-15(14-9-7-6-8-10-14)11-19-12-18(4,5)13-21/h6-10,15,19,21H,11-13H2,1-5H3,(H,20,22). The number of hydrogen-bond acceptors (Lipinski definition) is 4. The maximum absolute atomic E-state index is 12.1. The molecule has 0 radical (unpaired) electrons. The zero-order valence-corrected chi connectivity index (χ0v) is 14.8. The highest BCUT2D eigenvalue weighted by Gasteiger charge is 2.22. The second-order valence-electron chi connectivity index (χ2n) is 7.56. The molecule has 1 aromatic carbocycles. The Labute approximate surface area is 139 Å². The number of ether oxygens (including phenoxy) is 1. The van der Waals surface area contributed by atoms with Gasteiger partial charge >= 0.3 is 6.09 Å². The first kappa shape index (κ1) is 19.5. The topological polar surface area (TPSA) is 70.6 Å². The van der Waals surface area contributed by atoms with E-state index >= 15 is 0 Å². The molecular weight excluding hydrogens is 292 g/mol. The van der Waals surface area contributed by atoms with Crippen LogP contribution in [-0.2, 0) is 4.74 Å². The molecule has 0 spiro atoms. The Balaban J connectivity index is 2.69. The average molecular weight is 322 g/mol. The molecule has 130 valence electrons. The van der Waals surface area contributed by atoms with Crippen molar-refractivity contribution >= 4 is 6.09 Å². The molecule has 0 saturated carbocycles. The molecule has 0 aliphatic rings. The average Bonchev–Trinajstić information content (AvgIpc) is 2.45. The van der Waals surface area contributed by atoms with Gasteiger partial charge in [-0.2, -0.15) is 0 Å². The highest BCUT2D eigenvalue weighted by Crippen LogP contribution is 2.16. The first-order valence-electron chi connectivity index (χ1n) is 7.99. The van der Waals surface area contributed by atoms with E-state index < -0.39 is 11.7 Å². The van der Waals surface area contributed by atoms with E-state index in [0.29, 0.717) is 13.1 Å². The molecule has 0 heterocycles. The van der Waals surface area contributed by atoms with Crippen LogP contribution in [-0.4, -0.2) is 36.5 Å². The molecule has 1 amide bonds. The van der Waals surface area contributed by atoms with Crippen LogP contribution in [0.5, 0.6) is 0 Å². The fraction of sp³-hybridized carbons (Fsp3) is 0.611. The molecule has 23 heavy (non-hydrogen) atoms. The van der Waals surface area contributed by atoms with Crippen molar-refractivity contribution in [2.75, 3.05) is 19.7 Å². The van der Waals surface area contributed by atoms with Crippen molar-refractivity contribution in [1.29, 1.82) is 0 Å². The maximum atomic E-state index is 12.1. The summed E-state index contributed by atoms with van der Waals surface area (Å²) in [6.07, 6.45) is -0.436. The predicted octanol–water partition coefficient (Wildman–Crippen LogP) is 2.86. The van der Waals surface area contributed by atoms with Crippen LogP contribution in [0.2, 0.25) is 0 Å². The molecule has 1 atom stereocenters. The number of aliphatic hydroxyl groups is 1. The number of rotatable bonds is 7. The number of hydrogen-bond donors (Lipinski definition) is 3. The third-order valence-corrected chi connectivity index (χ3v) is 3.27. The number of carbonyl (C=O) groups is 1. The van der Waals surface area contributed by atoms with Gasteiger partial charge in [-0.05, 0) is 26.3 Å². The Hall–Kier alpha value is -1.59. The van der Waals surface area contributed by atoms with Gasteiger partial charge < -0.3 is 20.5 Å². The minimum atomic E-state index is -0.530. The van der Waals surface area contributed by atoms with E-state index in [1.165, 1.54) is 0 Å². The summed E-state index contributed by atoms with van der Waals surface area (Å²) in [5.41, 5.74) is 0.276. The van der Waals surface area contributed by atoms with Crippen molar-refractivity contribution in [3.63, 3.8) is 0 Å². The van der Waals surface area contributed by atoms with E-state index in [-0.39, 0.29) is 18.1 Å². The van der Waals surface area contributed by atoms with Crippen molar-refractivity contribution in [2.24, 2.45) is 5.41 Å². The molecular formula is C18H30N2O3. The molecule has 0 saturated heterocycles. The predicted molar refractivity (Wildman–Crippen MR) is 92.3 cm³/mol. The normalized spacial score (nSPS) is 13.5. The van der Waals surface area contributed by atoms with Gasteiger partial charge in [-0.1, -0.05) is 44.2 Å². The van der Waals surface area contributed by atoms with E-state index in [1.54, 1.807) is 0 Å². The Bertz CT molecular complexity index is 481.